The van der Waals surface area contributed by atoms with Gasteiger partial charge in [-0.1, -0.05) is 6.07 Å². The Morgan fingerprint density at radius 3 is 2.59 bits per heavy atom. The Hall–Kier alpha value is -0.750. The molecule has 1 aromatic rings. The molecule has 0 bridgehead atoms. The Labute approximate surface area is 101 Å². The zero-order valence-corrected chi connectivity index (χ0v) is 9.82. The van der Waals surface area contributed by atoms with E-state index >= 15 is 0 Å². The van der Waals surface area contributed by atoms with Gasteiger partial charge in [-0.2, -0.15) is 13.2 Å². The van der Waals surface area contributed by atoms with E-state index < -0.39 is 18.6 Å². The van der Waals surface area contributed by atoms with E-state index in [1.165, 1.54) is 23.9 Å². The molecule has 0 fully saturated rings. The number of hydrogen-bond donors (Lipinski definition) is 1. The van der Waals surface area contributed by atoms with E-state index in [1.807, 2.05) is 0 Å². The van der Waals surface area contributed by atoms with Crippen molar-refractivity contribution in [1.29, 1.82) is 0 Å². The summed E-state index contributed by atoms with van der Waals surface area (Å²) < 4.78 is 48.6. The summed E-state index contributed by atoms with van der Waals surface area (Å²) in [6.07, 6.45) is -5.15. The first-order valence-electron chi connectivity index (χ1n) is 5.07. The molecule has 2 N–H and O–H groups in total. The van der Waals surface area contributed by atoms with Gasteiger partial charge in [0.05, 0.1) is 0 Å². The van der Waals surface area contributed by atoms with Crippen LogP contribution in [-0.4, -0.2) is 18.0 Å². The third-order valence-electron chi connectivity index (χ3n) is 2.06. The van der Waals surface area contributed by atoms with Crippen molar-refractivity contribution in [3.8, 4) is 0 Å². The van der Waals surface area contributed by atoms with Crippen molar-refractivity contribution in [3.63, 3.8) is 0 Å². The van der Waals surface area contributed by atoms with Crippen molar-refractivity contribution in [2.24, 2.45) is 5.73 Å². The van der Waals surface area contributed by atoms with Crippen LogP contribution in [0.2, 0.25) is 0 Å². The highest BCUT2D eigenvalue weighted by atomic mass is 32.2. The zero-order valence-electron chi connectivity index (χ0n) is 9.01. The van der Waals surface area contributed by atoms with Crippen LogP contribution in [0.3, 0.4) is 0 Å². The lowest BCUT2D eigenvalue weighted by molar-refractivity contribution is -0.136. The molecule has 96 valence electrons. The van der Waals surface area contributed by atoms with Gasteiger partial charge in [0.2, 0.25) is 0 Å². The number of hydrogen-bond acceptors (Lipinski definition) is 2. The molecule has 1 rings (SSSR count). The van der Waals surface area contributed by atoms with E-state index in [-0.39, 0.29) is 12.2 Å². The molecule has 0 amide bonds. The smallest absolute Gasteiger partial charge is 0.327 e. The van der Waals surface area contributed by atoms with Gasteiger partial charge in [-0.3, -0.25) is 0 Å². The summed E-state index contributed by atoms with van der Waals surface area (Å²) in [5.41, 5.74) is 5.55. The third kappa shape index (κ3) is 6.53. The first-order valence-corrected chi connectivity index (χ1v) is 6.06. The molecule has 1 nitrogen and oxygen atoms in total. The molecule has 17 heavy (non-hydrogen) atoms. The molecule has 0 aliphatic heterocycles. The molecule has 1 unspecified atom stereocenters. The Morgan fingerprint density at radius 1 is 1.29 bits per heavy atom. The molecular weight excluding hydrogens is 254 g/mol. The number of thioether (sulfide) groups is 1. The normalized spacial score (nSPS) is 13.7. The number of halogens is 4. The van der Waals surface area contributed by atoms with Gasteiger partial charge in [-0.05, 0) is 24.6 Å². The predicted octanol–water partition coefficient (Wildman–Crippen LogP) is 3.59. The van der Waals surface area contributed by atoms with Gasteiger partial charge in [0.1, 0.15) is 5.82 Å². The Balaban J connectivity index is 2.31. The topological polar surface area (TPSA) is 26.0 Å². The lowest BCUT2D eigenvalue weighted by atomic mass is 10.2. The molecule has 0 heterocycles. The van der Waals surface area contributed by atoms with Crippen molar-refractivity contribution < 1.29 is 17.6 Å². The highest BCUT2D eigenvalue weighted by Gasteiger charge is 2.27. The number of nitrogens with two attached hydrogens (primary N) is 1. The predicted molar refractivity (Wildman–Crippen MR) is 60.4 cm³/mol. The Bertz CT molecular complexity index is 354. The quantitative estimate of drug-likeness (QED) is 0.651. The van der Waals surface area contributed by atoms with Gasteiger partial charge >= 0.3 is 6.18 Å². The summed E-state index contributed by atoms with van der Waals surface area (Å²) in [6.45, 7) is 0. The minimum Gasteiger partial charge on any atom is -0.327 e. The van der Waals surface area contributed by atoms with Crippen molar-refractivity contribution in [3.05, 3.63) is 30.1 Å². The number of rotatable bonds is 5. The molecular formula is C11H13F4NS. The van der Waals surface area contributed by atoms with Gasteiger partial charge in [-0.25, -0.2) is 4.39 Å². The second-order valence-electron chi connectivity index (χ2n) is 3.68. The molecule has 0 aliphatic rings. The molecule has 1 atom stereocenters. The highest BCUT2D eigenvalue weighted by Crippen LogP contribution is 2.24. The van der Waals surface area contributed by atoms with Crippen LogP contribution >= 0.6 is 11.8 Å². The van der Waals surface area contributed by atoms with Crippen molar-refractivity contribution >= 4 is 11.8 Å². The second-order valence-corrected chi connectivity index (χ2v) is 4.78. The van der Waals surface area contributed by atoms with Crippen molar-refractivity contribution in [2.45, 2.75) is 30.0 Å². The maximum absolute atomic E-state index is 12.8. The summed E-state index contributed by atoms with van der Waals surface area (Å²) in [7, 11) is 0. The number of alkyl halides is 3. The van der Waals surface area contributed by atoms with Gasteiger partial charge in [0, 0.05) is 23.1 Å². The largest absolute Gasteiger partial charge is 0.389 e. The molecule has 0 radical (unpaired) electrons. The van der Waals surface area contributed by atoms with Gasteiger partial charge in [0.25, 0.3) is 0 Å². The van der Waals surface area contributed by atoms with E-state index in [0.29, 0.717) is 10.6 Å². The average Bonchev–Trinajstić information content (AvgIpc) is 2.23. The molecule has 0 saturated heterocycles. The summed E-state index contributed by atoms with van der Waals surface area (Å²) in [5, 5.41) is 0. The second kappa shape index (κ2) is 6.26. The fourth-order valence-electron chi connectivity index (χ4n) is 1.19. The van der Waals surface area contributed by atoms with Gasteiger partial charge < -0.3 is 5.73 Å². The SMILES string of the molecule is NC(CCC(F)(F)F)CSc1cccc(F)c1. The maximum Gasteiger partial charge on any atom is 0.389 e. The van der Waals surface area contributed by atoms with E-state index in [1.54, 1.807) is 12.1 Å². The molecule has 0 aliphatic carbocycles. The van der Waals surface area contributed by atoms with Gasteiger partial charge in [-0.15, -0.1) is 11.8 Å². The Morgan fingerprint density at radius 2 is 2.00 bits per heavy atom. The van der Waals surface area contributed by atoms with Crippen LogP contribution in [0, 0.1) is 5.82 Å². The average molecular weight is 267 g/mol. The molecule has 0 saturated carbocycles. The fraction of sp³-hybridized carbons (Fsp3) is 0.455. The zero-order chi connectivity index (χ0) is 12.9. The third-order valence-corrected chi connectivity index (χ3v) is 3.24. The first-order chi connectivity index (χ1) is 7.87. The Kier molecular flexibility index (Phi) is 5.27. The van der Waals surface area contributed by atoms with Crippen LogP contribution in [0.1, 0.15) is 12.8 Å². The molecule has 0 aromatic heterocycles. The summed E-state index contributed by atoms with van der Waals surface area (Å²) >= 11 is 1.26. The van der Waals surface area contributed by atoms with E-state index in [2.05, 4.69) is 0 Å². The van der Waals surface area contributed by atoms with Crippen LogP contribution in [0.15, 0.2) is 29.2 Å². The minimum absolute atomic E-state index is 0.105. The molecule has 6 heteroatoms. The van der Waals surface area contributed by atoms with Gasteiger partial charge in [0.15, 0.2) is 0 Å². The maximum atomic E-state index is 12.8. The van der Waals surface area contributed by atoms with Crippen LogP contribution in [0.25, 0.3) is 0 Å². The summed E-state index contributed by atoms with van der Waals surface area (Å²) in [5.74, 6) is -0.0154. The van der Waals surface area contributed by atoms with Crippen LogP contribution in [0.4, 0.5) is 17.6 Å². The molecule has 0 spiro atoms. The summed E-state index contributed by atoms with van der Waals surface area (Å²) in [6, 6.07) is 5.36. The minimum atomic E-state index is -4.17. The van der Waals surface area contributed by atoms with E-state index in [0.717, 1.165) is 0 Å². The number of benzene rings is 1. The first kappa shape index (κ1) is 14.3. The van der Waals surface area contributed by atoms with Crippen LogP contribution in [-0.2, 0) is 0 Å². The lowest BCUT2D eigenvalue weighted by Gasteiger charge is -2.12. The summed E-state index contributed by atoms with van der Waals surface area (Å²) in [4.78, 5) is 0.674. The molecule has 1 aromatic carbocycles. The van der Waals surface area contributed by atoms with Crippen LogP contribution < -0.4 is 5.73 Å². The monoisotopic (exact) mass is 267 g/mol. The van der Waals surface area contributed by atoms with Crippen molar-refractivity contribution in [1.82, 2.24) is 0 Å². The van der Waals surface area contributed by atoms with E-state index in [4.69, 9.17) is 5.73 Å². The van der Waals surface area contributed by atoms with Crippen molar-refractivity contribution in [2.75, 3.05) is 5.75 Å². The fourth-order valence-corrected chi connectivity index (χ4v) is 2.14. The standard InChI is InChI=1S/C11H13F4NS/c12-8-2-1-3-10(6-8)17-7-9(16)4-5-11(13,14)15/h1-3,6,9H,4-5,7,16H2. The van der Waals surface area contributed by atoms with Crippen LogP contribution in [0.5, 0.6) is 0 Å². The lowest BCUT2D eigenvalue weighted by Crippen LogP contribution is -2.25. The highest BCUT2D eigenvalue weighted by molar-refractivity contribution is 7.99. The van der Waals surface area contributed by atoms with E-state index in [9.17, 15) is 17.6 Å².